The van der Waals surface area contributed by atoms with Gasteiger partial charge in [-0.1, -0.05) is 12.1 Å². The minimum absolute atomic E-state index is 0.466. The number of nitrogens with one attached hydrogen (secondary N) is 3. The minimum atomic E-state index is 0.466. The Morgan fingerprint density at radius 1 is 1.40 bits per heavy atom. The Bertz CT molecular complexity index is 561. The lowest BCUT2D eigenvalue weighted by Gasteiger charge is -2.09. The van der Waals surface area contributed by atoms with Gasteiger partial charge in [-0.2, -0.15) is 5.10 Å². The summed E-state index contributed by atoms with van der Waals surface area (Å²) < 4.78 is 5.66. The molecule has 1 saturated heterocycles. The molecule has 3 rings (SSSR count). The first-order valence-corrected chi connectivity index (χ1v) is 7.11. The van der Waals surface area contributed by atoms with Crippen LogP contribution < -0.4 is 15.4 Å². The van der Waals surface area contributed by atoms with Gasteiger partial charge in [0.15, 0.2) is 0 Å². The van der Waals surface area contributed by atoms with E-state index in [9.17, 15) is 0 Å². The molecule has 106 valence electrons. The van der Waals surface area contributed by atoms with Crippen molar-refractivity contribution in [2.75, 3.05) is 25.0 Å². The Labute approximate surface area is 118 Å². The van der Waals surface area contributed by atoms with Crippen molar-refractivity contribution in [3.8, 4) is 17.0 Å². The fraction of sp³-hybridized carbons (Fsp3) is 0.400. The Morgan fingerprint density at radius 2 is 2.30 bits per heavy atom. The Morgan fingerprint density at radius 3 is 3.10 bits per heavy atom. The molecule has 5 heteroatoms. The summed E-state index contributed by atoms with van der Waals surface area (Å²) in [5, 5.41) is 14.2. The Hall–Kier alpha value is -2.01. The van der Waals surface area contributed by atoms with Crippen LogP contribution in [0.2, 0.25) is 0 Å². The summed E-state index contributed by atoms with van der Waals surface area (Å²) in [5.41, 5.74) is 2.02. The largest absolute Gasteiger partial charge is 0.493 e. The van der Waals surface area contributed by atoms with Gasteiger partial charge in [-0.3, -0.25) is 5.10 Å². The fourth-order valence-electron chi connectivity index (χ4n) is 2.49. The third-order valence-electron chi connectivity index (χ3n) is 3.47. The molecule has 1 fully saturated rings. The van der Waals surface area contributed by atoms with Gasteiger partial charge >= 0.3 is 0 Å². The van der Waals surface area contributed by atoms with Crippen molar-refractivity contribution in [3.63, 3.8) is 0 Å². The van der Waals surface area contributed by atoms with Crippen LogP contribution in [0.25, 0.3) is 11.3 Å². The van der Waals surface area contributed by atoms with Crippen LogP contribution in [0.15, 0.2) is 30.3 Å². The van der Waals surface area contributed by atoms with E-state index in [1.165, 1.54) is 0 Å². The van der Waals surface area contributed by atoms with Gasteiger partial charge < -0.3 is 15.4 Å². The maximum atomic E-state index is 5.66. The van der Waals surface area contributed by atoms with Gasteiger partial charge in [-0.05, 0) is 32.0 Å². The average molecular weight is 272 g/mol. The lowest BCUT2D eigenvalue weighted by atomic mass is 10.1. The summed E-state index contributed by atoms with van der Waals surface area (Å²) in [6.07, 6.45) is 1.14. The van der Waals surface area contributed by atoms with Gasteiger partial charge in [-0.15, -0.1) is 0 Å². The fourth-order valence-corrected chi connectivity index (χ4v) is 2.49. The van der Waals surface area contributed by atoms with Crippen LogP contribution in [0, 0.1) is 0 Å². The standard InChI is InChI=1S/C15H20N4O/c1-2-20-14-6-4-3-5-12(14)13-9-15(19-18-13)17-11-7-8-16-10-11/h3-6,9,11,16H,2,7-8,10H2,1H3,(H2,17,18,19). The summed E-state index contributed by atoms with van der Waals surface area (Å²) >= 11 is 0. The van der Waals surface area contributed by atoms with Crippen molar-refractivity contribution >= 4 is 5.82 Å². The van der Waals surface area contributed by atoms with Crippen molar-refractivity contribution in [2.45, 2.75) is 19.4 Å². The van der Waals surface area contributed by atoms with Gasteiger partial charge in [0.2, 0.25) is 0 Å². The zero-order chi connectivity index (χ0) is 13.8. The number of benzene rings is 1. The highest BCUT2D eigenvalue weighted by molar-refractivity contribution is 5.69. The highest BCUT2D eigenvalue weighted by atomic mass is 16.5. The van der Waals surface area contributed by atoms with E-state index < -0.39 is 0 Å². The van der Waals surface area contributed by atoms with Crippen LogP contribution in [-0.4, -0.2) is 35.9 Å². The first-order valence-electron chi connectivity index (χ1n) is 7.11. The molecule has 1 aliphatic heterocycles. The van der Waals surface area contributed by atoms with Gasteiger partial charge in [0.25, 0.3) is 0 Å². The maximum absolute atomic E-state index is 5.66. The van der Waals surface area contributed by atoms with Gasteiger partial charge in [-0.25, -0.2) is 0 Å². The molecule has 1 atom stereocenters. The zero-order valence-electron chi connectivity index (χ0n) is 11.6. The molecular formula is C15H20N4O. The van der Waals surface area contributed by atoms with Gasteiger partial charge in [0.05, 0.1) is 12.3 Å². The number of nitrogens with zero attached hydrogens (tertiary/aromatic N) is 1. The van der Waals surface area contributed by atoms with E-state index in [0.717, 1.165) is 42.3 Å². The van der Waals surface area contributed by atoms with E-state index in [4.69, 9.17) is 4.74 Å². The van der Waals surface area contributed by atoms with Crippen LogP contribution in [0.1, 0.15) is 13.3 Å². The number of aromatic amines is 1. The number of H-pyrrole nitrogens is 1. The molecule has 0 aliphatic carbocycles. The van der Waals surface area contributed by atoms with Gasteiger partial charge in [0.1, 0.15) is 11.6 Å². The van der Waals surface area contributed by atoms with Gasteiger partial charge in [0, 0.05) is 24.2 Å². The topological polar surface area (TPSA) is 62.0 Å². The summed E-state index contributed by atoms with van der Waals surface area (Å²) in [6.45, 7) is 4.72. The molecule has 5 nitrogen and oxygen atoms in total. The summed E-state index contributed by atoms with van der Waals surface area (Å²) in [5.74, 6) is 1.77. The highest BCUT2D eigenvalue weighted by Crippen LogP contribution is 2.29. The number of aromatic nitrogens is 2. The third-order valence-corrected chi connectivity index (χ3v) is 3.47. The molecule has 0 saturated carbocycles. The molecule has 0 radical (unpaired) electrons. The predicted octanol–water partition coefficient (Wildman–Crippen LogP) is 2.25. The number of anilines is 1. The highest BCUT2D eigenvalue weighted by Gasteiger charge is 2.16. The smallest absolute Gasteiger partial charge is 0.148 e. The quantitative estimate of drug-likeness (QED) is 0.781. The molecule has 2 heterocycles. The first-order chi connectivity index (χ1) is 9.86. The SMILES string of the molecule is CCOc1ccccc1-c1cc(NC2CCNC2)n[nH]1. The summed E-state index contributed by atoms with van der Waals surface area (Å²) in [6, 6.07) is 10.5. The molecule has 1 aromatic heterocycles. The van der Waals surface area contributed by atoms with Crippen molar-refractivity contribution < 1.29 is 4.74 Å². The second-order valence-electron chi connectivity index (χ2n) is 4.93. The van der Waals surface area contributed by atoms with E-state index >= 15 is 0 Å². The number of ether oxygens (including phenoxy) is 1. The van der Waals surface area contributed by atoms with E-state index in [-0.39, 0.29) is 0 Å². The van der Waals surface area contributed by atoms with Crippen molar-refractivity contribution in [3.05, 3.63) is 30.3 Å². The van der Waals surface area contributed by atoms with E-state index in [1.54, 1.807) is 0 Å². The second kappa shape index (κ2) is 5.96. The Kier molecular flexibility index (Phi) is 3.87. The predicted molar refractivity (Wildman–Crippen MR) is 80.1 cm³/mol. The molecule has 0 spiro atoms. The van der Waals surface area contributed by atoms with Crippen molar-refractivity contribution in [2.24, 2.45) is 0 Å². The second-order valence-corrected chi connectivity index (χ2v) is 4.93. The first kappa shape index (κ1) is 13.0. The zero-order valence-corrected chi connectivity index (χ0v) is 11.6. The molecule has 1 aromatic carbocycles. The van der Waals surface area contributed by atoms with Crippen LogP contribution >= 0.6 is 0 Å². The van der Waals surface area contributed by atoms with Crippen molar-refractivity contribution in [1.29, 1.82) is 0 Å². The lowest BCUT2D eigenvalue weighted by molar-refractivity contribution is 0.341. The summed E-state index contributed by atoms with van der Waals surface area (Å²) in [4.78, 5) is 0. The molecule has 0 bridgehead atoms. The third kappa shape index (κ3) is 2.77. The Balaban J connectivity index is 1.78. The lowest BCUT2D eigenvalue weighted by Crippen LogP contribution is -2.22. The molecule has 2 aromatic rings. The minimum Gasteiger partial charge on any atom is -0.493 e. The molecule has 20 heavy (non-hydrogen) atoms. The number of para-hydroxylation sites is 1. The van der Waals surface area contributed by atoms with Crippen LogP contribution in [0.3, 0.4) is 0 Å². The summed E-state index contributed by atoms with van der Waals surface area (Å²) in [7, 11) is 0. The van der Waals surface area contributed by atoms with Crippen LogP contribution in [0.5, 0.6) is 5.75 Å². The number of hydrogen-bond donors (Lipinski definition) is 3. The molecule has 3 N–H and O–H groups in total. The maximum Gasteiger partial charge on any atom is 0.148 e. The van der Waals surface area contributed by atoms with E-state index in [2.05, 4.69) is 20.8 Å². The number of hydrogen-bond acceptors (Lipinski definition) is 4. The molecule has 0 amide bonds. The molecule has 1 aliphatic rings. The van der Waals surface area contributed by atoms with Crippen LogP contribution in [-0.2, 0) is 0 Å². The van der Waals surface area contributed by atoms with Crippen LogP contribution in [0.4, 0.5) is 5.82 Å². The average Bonchev–Trinajstić information content (AvgIpc) is 3.12. The normalized spacial score (nSPS) is 18.1. The molecule has 1 unspecified atom stereocenters. The monoisotopic (exact) mass is 272 g/mol. The number of rotatable bonds is 5. The van der Waals surface area contributed by atoms with Crippen molar-refractivity contribution in [1.82, 2.24) is 15.5 Å². The van der Waals surface area contributed by atoms with E-state index in [0.29, 0.717) is 12.6 Å². The molecular weight excluding hydrogens is 252 g/mol. The van der Waals surface area contributed by atoms with E-state index in [1.807, 2.05) is 37.3 Å².